The van der Waals surface area contributed by atoms with Crippen LogP contribution in [0.4, 0.5) is 4.39 Å². The zero-order chi connectivity index (χ0) is 11.3. The molecular formula is C11H15ClFNO. The molecule has 1 aromatic rings. The van der Waals surface area contributed by atoms with E-state index in [-0.39, 0.29) is 11.9 Å². The molecule has 0 aliphatic rings. The van der Waals surface area contributed by atoms with E-state index in [1.165, 1.54) is 6.07 Å². The topological polar surface area (TPSA) is 21.3 Å². The molecule has 1 unspecified atom stereocenters. The van der Waals surface area contributed by atoms with Crippen LogP contribution < -0.4 is 5.32 Å². The third-order valence-electron chi connectivity index (χ3n) is 2.11. The predicted octanol–water partition coefficient (Wildman–Crippen LogP) is 2.60. The minimum atomic E-state index is -0.278. The molecule has 0 heterocycles. The van der Waals surface area contributed by atoms with Gasteiger partial charge in [-0.3, -0.25) is 0 Å². The summed E-state index contributed by atoms with van der Waals surface area (Å²) in [6.07, 6.45) is 0. The van der Waals surface area contributed by atoms with Gasteiger partial charge in [0.25, 0.3) is 0 Å². The van der Waals surface area contributed by atoms with Gasteiger partial charge in [0.15, 0.2) is 0 Å². The Hall–Kier alpha value is -0.640. The number of nitrogens with one attached hydrogen (secondary N) is 1. The van der Waals surface area contributed by atoms with Gasteiger partial charge in [-0.15, -0.1) is 0 Å². The Labute approximate surface area is 94.4 Å². The smallest absolute Gasteiger partial charge is 0.129 e. The maximum atomic E-state index is 13.3. The van der Waals surface area contributed by atoms with Gasteiger partial charge < -0.3 is 10.1 Å². The lowest BCUT2D eigenvalue weighted by atomic mass is 10.2. The third-order valence-corrected chi connectivity index (χ3v) is 2.46. The van der Waals surface area contributed by atoms with E-state index in [0.29, 0.717) is 23.7 Å². The van der Waals surface area contributed by atoms with Crippen LogP contribution in [0.1, 0.15) is 12.5 Å². The van der Waals surface area contributed by atoms with Crippen LogP contribution in [0.15, 0.2) is 18.2 Å². The van der Waals surface area contributed by atoms with E-state index < -0.39 is 0 Å². The Kier molecular flexibility index (Phi) is 5.02. The van der Waals surface area contributed by atoms with Crippen molar-refractivity contribution >= 4 is 11.6 Å². The number of hydrogen-bond donors (Lipinski definition) is 1. The van der Waals surface area contributed by atoms with Gasteiger partial charge in [-0.2, -0.15) is 0 Å². The van der Waals surface area contributed by atoms with E-state index in [1.54, 1.807) is 19.2 Å². The highest BCUT2D eigenvalue weighted by molar-refractivity contribution is 6.31. The maximum Gasteiger partial charge on any atom is 0.129 e. The summed E-state index contributed by atoms with van der Waals surface area (Å²) < 4.78 is 18.3. The summed E-state index contributed by atoms with van der Waals surface area (Å²) in [7, 11) is 1.63. The monoisotopic (exact) mass is 231 g/mol. The van der Waals surface area contributed by atoms with Crippen molar-refractivity contribution in [1.29, 1.82) is 0 Å². The van der Waals surface area contributed by atoms with Gasteiger partial charge in [0.1, 0.15) is 5.82 Å². The zero-order valence-corrected chi connectivity index (χ0v) is 9.64. The Morgan fingerprint density at radius 2 is 2.27 bits per heavy atom. The van der Waals surface area contributed by atoms with Gasteiger partial charge in [-0.25, -0.2) is 4.39 Å². The normalized spacial score (nSPS) is 12.8. The summed E-state index contributed by atoms with van der Waals surface area (Å²) in [5, 5.41) is 3.58. The van der Waals surface area contributed by atoms with Crippen LogP contribution >= 0.6 is 11.6 Å². The molecule has 0 aliphatic heterocycles. The highest BCUT2D eigenvalue weighted by Crippen LogP contribution is 2.18. The zero-order valence-electron chi connectivity index (χ0n) is 8.89. The van der Waals surface area contributed by atoms with Crippen molar-refractivity contribution in [2.24, 2.45) is 0 Å². The van der Waals surface area contributed by atoms with E-state index >= 15 is 0 Å². The van der Waals surface area contributed by atoms with E-state index in [1.807, 2.05) is 6.92 Å². The first-order chi connectivity index (χ1) is 7.15. The van der Waals surface area contributed by atoms with Gasteiger partial charge in [0, 0.05) is 30.3 Å². The number of methoxy groups -OCH3 is 1. The molecule has 0 bridgehead atoms. The Morgan fingerprint density at radius 3 is 2.87 bits per heavy atom. The predicted molar refractivity (Wildman–Crippen MR) is 59.6 cm³/mol. The fourth-order valence-corrected chi connectivity index (χ4v) is 1.52. The Balaban J connectivity index is 2.57. The maximum absolute atomic E-state index is 13.3. The first-order valence-electron chi connectivity index (χ1n) is 4.80. The van der Waals surface area contributed by atoms with E-state index in [0.717, 1.165) is 0 Å². The highest BCUT2D eigenvalue weighted by atomic mass is 35.5. The number of rotatable bonds is 5. The summed E-state index contributed by atoms with van der Waals surface area (Å²) in [5.74, 6) is -0.278. The minimum absolute atomic E-state index is 0.172. The second-order valence-electron chi connectivity index (χ2n) is 3.44. The lowest BCUT2D eigenvalue weighted by molar-refractivity contribution is 0.171. The molecule has 1 aromatic carbocycles. The molecule has 0 saturated carbocycles. The first-order valence-corrected chi connectivity index (χ1v) is 5.18. The van der Waals surface area contributed by atoms with Crippen molar-refractivity contribution in [2.45, 2.75) is 19.5 Å². The molecule has 0 fully saturated rings. The summed E-state index contributed by atoms with van der Waals surface area (Å²) in [5.41, 5.74) is 0.502. The van der Waals surface area contributed by atoms with Crippen LogP contribution in [0, 0.1) is 5.82 Å². The summed E-state index contributed by atoms with van der Waals surface area (Å²) in [4.78, 5) is 0. The Bertz CT molecular complexity index is 299. The van der Waals surface area contributed by atoms with Gasteiger partial charge in [0.2, 0.25) is 0 Å². The minimum Gasteiger partial charge on any atom is -0.383 e. The van der Waals surface area contributed by atoms with Crippen molar-refractivity contribution < 1.29 is 9.13 Å². The first kappa shape index (κ1) is 12.4. The van der Waals surface area contributed by atoms with Gasteiger partial charge >= 0.3 is 0 Å². The average molecular weight is 232 g/mol. The third kappa shape index (κ3) is 3.78. The van der Waals surface area contributed by atoms with Crippen LogP contribution in [-0.4, -0.2) is 19.8 Å². The summed E-state index contributed by atoms with van der Waals surface area (Å²) in [6.45, 7) is 2.97. The number of ether oxygens (including phenoxy) is 1. The largest absolute Gasteiger partial charge is 0.383 e. The van der Waals surface area contributed by atoms with E-state index in [2.05, 4.69) is 5.32 Å². The molecule has 4 heteroatoms. The number of benzene rings is 1. The lowest BCUT2D eigenvalue weighted by Crippen LogP contribution is -2.30. The molecule has 0 radical (unpaired) electrons. The molecule has 1 atom stereocenters. The average Bonchev–Trinajstić information content (AvgIpc) is 2.17. The molecular weight excluding hydrogens is 217 g/mol. The molecule has 0 aromatic heterocycles. The van der Waals surface area contributed by atoms with Crippen molar-refractivity contribution in [3.05, 3.63) is 34.6 Å². The number of halogens is 2. The molecule has 15 heavy (non-hydrogen) atoms. The second-order valence-corrected chi connectivity index (χ2v) is 3.84. The van der Waals surface area contributed by atoms with Gasteiger partial charge in [-0.05, 0) is 19.1 Å². The molecule has 1 rings (SSSR count). The quantitative estimate of drug-likeness (QED) is 0.841. The van der Waals surface area contributed by atoms with Crippen molar-refractivity contribution in [3.8, 4) is 0 Å². The molecule has 0 amide bonds. The molecule has 1 N–H and O–H groups in total. The van der Waals surface area contributed by atoms with Gasteiger partial charge in [-0.1, -0.05) is 17.7 Å². The molecule has 84 valence electrons. The molecule has 0 saturated heterocycles. The van der Waals surface area contributed by atoms with E-state index in [4.69, 9.17) is 16.3 Å². The molecule has 0 spiro atoms. The van der Waals surface area contributed by atoms with Crippen molar-refractivity contribution in [1.82, 2.24) is 5.32 Å². The molecule has 0 aliphatic carbocycles. The number of hydrogen-bond acceptors (Lipinski definition) is 2. The van der Waals surface area contributed by atoms with Crippen molar-refractivity contribution in [3.63, 3.8) is 0 Å². The van der Waals surface area contributed by atoms with Crippen molar-refractivity contribution in [2.75, 3.05) is 13.7 Å². The van der Waals surface area contributed by atoms with E-state index in [9.17, 15) is 4.39 Å². The molecule has 2 nitrogen and oxygen atoms in total. The van der Waals surface area contributed by atoms with Crippen LogP contribution in [0.3, 0.4) is 0 Å². The standard InChI is InChI=1S/C11H15ClFNO/c1-8(7-15-2)14-6-9-10(12)4-3-5-11(9)13/h3-5,8,14H,6-7H2,1-2H3. The highest BCUT2D eigenvalue weighted by Gasteiger charge is 2.08. The lowest BCUT2D eigenvalue weighted by Gasteiger charge is -2.13. The summed E-state index contributed by atoms with van der Waals surface area (Å²) in [6, 6.07) is 4.86. The van der Waals surface area contributed by atoms with Crippen LogP contribution in [-0.2, 0) is 11.3 Å². The second kappa shape index (κ2) is 6.05. The van der Waals surface area contributed by atoms with Crippen LogP contribution in [0.5, 0.6) is 0 Å². The fraction of sp³-hybridized carbons (Fsp3) is 0.455. The SMILES string of the molecule is COCC(C)NCc1c(F)cccc1Cl. The van der Waals surface area contributed by atoms with Crippen LogP contribution in [0.25, 0.3) is 0 Å². The summed E-state index contributed by atoms with van der Waals surface area (Å²) >= 11 is 5.88. The van der Waals surface area contributed by atoms with Gasteiger partial charge in [0.05, 0.1) is 6.61 Å². The Morgan fingerprint density at radius 1 is 1.53 bits per heavy atom. The fourth-order valence-electron chi connectivity index (χ4n) is 1.29. The van der Waals surface area contributed by atoms with Crippen LogP contribution in [0.2, 0.25) is 5.02 Å².